The fourth-order valence-corrected chi connectivity index (χ4v) is 3.01. The average molecular weight is 332 g/mol. The molecule has 6 heteroatoms. The van der Waals surface area contributed by atoms with Gasteiger partial charge in [0, 0.05) is 52.4 Å². The van der Waals surface area contributed by atoms with Crippen LogP contribution in [0.25, 0.3) is 0 Å². The van der Waals surface area contributed by atoms with Gasteiger partial charge >= 0.3 is 0 Å². The van der Waals surface area contributed by atoms with Gasteiger partial charge in [-0.05, 0) is 31.7 Å². The summed E-state index contributed by atoms with van der Waals surface area (Å²) in [6.45, 7) is 4.67. The molecule has 24 heavy (non-hydrogen) atoms. The van der Waals surface area contributed by atoms with Crippen molar-refractivity contribution < 1.29 is 9.59 Å². The van der Waals surface area contributed by atoms with Gasteiger partial charge in [-0.15, -0.1) is 0 Å². The molecule has 6 nitrogen and oxygen atoms in total. The molecule has 1 N–H and O–H groups in total. The second-order valence-electron chi connectivity index (χ2n) is 6.49. The van der Waals surface area contributed by atoms with Crippen LogP contribution < -0.4 is 10.2 Å². The van der Waals surface area contributed by atoms with Crippen LogP contribution in [0.5, 0.6) is 0 Å². The number of hydrogen-bond acceptors (Lipinski definition) is 4. The van der Waals surface area contributed by atoms with E-state index in [9.17, 15) is 9.59 Å². The molecule has 1 unspecified atom stereocenters. The van der Waals surface area contributed by atoms with Crippen molar-refractivity contribution >= 4 is 17.5 Å². The summed E-state index contributed by atoms with van der Waals surface area (Å²) in [5.74, 6) is -0.0573. The van der Waals surface area contributed by atoms with Gasteiger partial charge in [0.15, 0.2) is 0 Å². The van der Waals surface area contributed by atoms with Crippen LogP contribution in [0.1, 0.15) is 12.0 Å². The monoisotopic (exact) mass is 332 g/mol. The highest BCUT2D eigenvalue weighted by molar-refractivity contribution is 5.88. The van der Waals surface area contributed by atoms with Crippen molar-refractivity contribution in [2.45, 2.75) is 19.4 Å². The van der Waals surface area contributed by atoms with E-state index in [0.29, 0.717) is 26.1 Å². The number of nitrogens with one attached hydrogen (secondary N) is 1. The number of amides is 2. The van der Waals surface area contributed by atoms with E-state index in [1.807, 2.05) is 26.2 Å². The van der Waals surface area contributed by atoms with E-state index < -0.39 is 6.04 Å². The Morgan fingerprint density at radius 2 is 2.08 bits per heavy atom. The highest BCUT2D eigenvalue weighted by Gasteiger charge is 2.33. The first-order valence-electron chi connectivity index (χ1n) is 8.39. The highest BCUT2D eigenvalue weighted by Crippen LogP contribution is 2.16. The fourth-order valence-electron chi connectivity index (χ4n) is 3.01. The molecule has 1 fully saturated rings. The zero-order valence-corrected chi connectivity index (χ0v) is 15.1. The van der Waals surface area contributed by atoms with E-state index in [-0.39, 0.29) is 11.8 Å². The lowest BCUT2D eigenvalue weighted by Gasteiger charge is -2.39. The third-order valence-corrected chi connectivity index (χ3v) is 4.56. The molecule has 0 radical (unpaired) electrons. The summed E-state index contributed by atoms with van der Waals surface area (Å²) in [5.41, 5.74) is 2.30. The SMILES string of the molecule is CNC(=O)C1CN(C)CCN1C(=O)CCN(C)c1cccc(C)c1. The van der Waals surface area contributed by atoms with Gasteiger partial charge in [-0.3, -0.25) is 9.59 Å². The number of carbonyl (C=O) groups is 2. The molecule has 0 aromatic heterocycles. The zero-order chi connectivity index (χ0) is 17.7. The Bertz CT molecular complexity index is 590. The first kappa shape index (κ1) is 18.3. The Labute approximate surface area is 144 Å². The van der Waals surface area contributed by atoms with Crippen molar-refractivity contribution in [1.29, 1.82) is 0 Å². The Morgan fingerprint density at radius 1 is 1.33 bits per heavy atom. The minimum atomic E-state index is -0.398. The van der Waals surface area contributed by atoms with E-state index in [1.54, 1.807) is 11.9 Å². The number of piperazine rings is 1. The van der Waals surface area contributed by atoms with Crippen molar-refractivity contribution in [1.82, 2.24) is 15.1 Å². The summed E-state index contributed by atoms with van der Waals surface area (Å²) < 4.78 is 0. The number of likely N-dealkylation sites (N-methyl/N-ethyl adjacent to an activating group) is 2. The van der Waals surface area contributed by atoms with Crippen LogP contribution in [0.2, 0.25) is 0 Å². The lowest BCUT2D eigenvalue weighted by atomic mass is 10.1. The Hall–Kier alpha value is -2.08. The summed E-state index contributed by atoms with van der Waals surface area (Å²) in [6, 6.07) is 7.82. The molecule has 132 valence electrons. The van der Waals surface area contributed by atoms with Crippen LogP contribution in [-0.2, 0) is 9.59 Å². The molecule has 1 saturated heterocycles. The van der Waals surface area contributed by atoms with E-state index in [1.165, 1.54) is 5.56 Å². The standard InChI is InChI=1S/C18H28N4O2/c1-14-6-5-7-15(12-14)21(4)9-8-17(23)22-11-10-20(3)13-16(22)18(24)19-2/h5-7,12,16H,8-11,13H2,1-4H3,(H,19,24). The highest BCUT2D eigenvalue weighted by atomic mass is 16.2. The molecule has 0 bridgehead atoms. The number of hydrogen-bond donors (Lipinski definition) is 1. The van der Waals surface area contributed by atoms with Gasteiger partial charge in [0.1, 0.15) is 6.04 Å². The molecular formula is C18H28N4O2. The molecule has 2 rings (SSSR count). The second kappa shape index (κ2) is 8.15. The first-order chi connectivity index (χ1) is 11.4. The largest absolute Gasteiger partial charge is 0.374 e. The molecule has 2 amide bonds. The molecule has 1 aliphatic rings. The summed E-state index contributed by atoms with van der Waals surface area (Å²) in [5, 5.41) is 2.67. The number of nitrogens with zero attached hydrogens (tertiary/aromatic N) is 3. The van der Waals surface area contributed by atoms with E-state index in [4.69, 9.17) is 0 Å². The van der Waals surface area contributed by atoms with Gasteiger partial charge in [0.2, 0.25) is 11.8 Å². The van der Waals surface area contributed by atoms with Gasteiger partial charge in [0.25, 0.3) is 0 Å². The predicted octanol–water partition coefficient (Wildman–Crippen LogP) is 0.710. The normalized spacial score (nSPS) is 18.3. The fraction of sp³-hybridized carbons (Fsp3) is 0.556. The predicted molar refractivity (Wildman–Crippen MR) is 96.1 cm³/mol. The number of aryl methyl sites for hydroxylation is 1. The number of rotatable bonds is 5. The average Bonchev–Trinajstić information content (AvgIpc) is 2.58. The smallest absolute Gasteiger partial charge is 0.243 e. The molecule has 1 heterocycles. The summed E-state index contributed by atoms with van der Waals surface area (Å²) in [7, 11) is 5.58. The zero-order valence-electron chi connectivity index (χ0n) is 15.1. The minimum absolute atomic E-state index is 0.0382. The van der Waals surface area contributed by atoms with Gasteiger partial charge in [0.05, 0.1) is 0 Å². The molecule has 0 spiro atoms. The lowest BCUT2D eigenvalue weighted by molar-refractivity contribution is -0.143. The lowest BCUT2D eigenvalue weighted by Crippen LogP contribution is -2.59. The van der Waals surface area contributed by atoms with Crippen molar-refractivity contribution in [3.63, 3.8) is 0 Å². The maximum absolute atomic E-state index is 12.6. The second-order valence-corrected chi connectivity index (χ2v) is 6.49. The van der Waals surface area contributed by atoms with E-state index in [0.717, 1.165) is 12.2 Å². The summed E-state index contributed by atoms with van der Waals surface area (Å²) >= 11 is 0. The third-order valence-electron chi connectivity index (χ3n) is 4.56. The Morgan fingerprint density at radius 3 is 2.75 bits per heavy atom. The summed E-state index contributed by atoms with van der Waals surface area (Å²) in [6.07, 6.45) is 0.404. The number of benzene rings is 1. The van der Waals surface area contributed by atoms with Gasteiger partial charge < -0.3 is 20.0 Å². The van der Waals surface area contributed by atoms with Crippen LogP contribution in [0, 0.1) is 6.92 Å². The van der Waals surface area contributed by atoms with Gasteiger partial charge in [-0.1, -0.05) is 12.1 Å². The van der Waals surface area contributed by atoms with Crippen LogP contribution in [-0.4, -0.2) is 75.0 Å². The Balaban J connectivity index is 1.96. The molecule has 0 saturated carbocycles. The number of anilines is 1. The summed E-state index contributed by atoms with van der Waals surface area (Å²) in [4.78, 5) is 30.6. The molecule has 1 atom stereocenters. The van der Waals surface area contributed by atoms with Crippen molar-refractivity contribution in [3.05, 3.63) is 29.8 Å². The van der Waals surface area contributed by atoms with Gasteiger partial charge in [-0.25, -0.2) is 0 Å². The molecule has 1 aromatic carbocycles. The van der Waals surface area contributed by atoms with Crippen molar-refractivity contribution in [3.8, 4) is 0 Å². The van der Waals surface area contributed by atoms with Gasteiger partial charge in [-0.2, -0.15) is 0 Å². The van der Waals surface area contributed by atoms with E-state index >= 15 is 0 Å². The molecule has 1 aliphatic heterocycles. The quantitative estimate of drug-likeness (QED) is 0.863. The molecule has 1 aromatic rings. The van der Waals surface area contributed by atoms with Crippen molar-refractivity contribution in [2.75, 3.05) is 52.2 Å². The third kappa shape index (κ3) is 4.47. The topological polar surface area (TPSA) is 55.9 Å². The maximum Gasteiger partial charge on any atom is 0.243 e. The number of carbonyl (C=O) groups excluding carboxylic acids is 2. The molecular weight excluding hydrogens is 304 g/mol. The van der Waals surface area contributed by atoms with E-state index in [2.05, 4.69) is 34.2 Å². The molecule has 0 aliphatic carbocycles. The minimum Gasteiger partial charge on any atom is -0.374 e. The van der Waals surface area contributed by atoms with Crippen LogP contribution >= 0.6 is 0 Å². The van der Waals surface area contributed by atoms with Crippen LogP contribution in [0.4, 0.5) is 5.69 Å². The maximum atomic E-state index is 12.6. The Kier molecular flexibility index (Phi) is 6.20. The van der Waals surface area contributed by atoms with Crippen LogP contribution in [0.3, 0.4) is 0 Å². The van der Waals surface area contributed by atoms with Crippen molar-refractivity contribution in [2.24, 2.45) is 0 Å². The van der Waals surface area contributed by atoms with Crippen LogP contribution in [0.15, 0.2) is 24.3 Å². The first-order valence-corrected chi connectivity index (χ1v) is 8.39.